The van der Waals surface area contributed by atoms with E-state index in [1.807, 2.05) is 7.05 Å². The minimum Gasteiger partial charge on any atom is -0.373 e. The Morgan fingerprint density at radius 2 is 1.94 bits per heavy atom. The summed E-state index contributed by atoms with van der Waals surface area (Å²) in [5, 5.41) is 3.20. The normalized spacial score (nSPS) is 33.1. The quantitative estimate of drug-likeness (QED) is 0.723. The number of hydrogen-bond donors (Lipinski definition) is 2. The second-order valence-electron chi connectivity index (χ2n) is 5.81. The van der Waals surface area contributed by atoms with Crippen LogP contribution in [-0.2, 0) is 9.53 Å². The molecule has 18 heavy (non-hydrogen) atoms. The zero-order valence-electron chi connectivity index (χ0n) is 11.6. The van der Waals surface area contributed by atoms with Crippen molar-refractivity contribution in [3.8, 4) is 0 Å². The summed E-state index contributed by atoms with van der Waals surface area (Å²) in [6, 6.07) is 0. The van der Waals surface area contributed by atoms with Gasteiger partial charge in [-0.05, 0) is 39.7 Å². The number of ether oxygens (including phenoxy) is 1. The molecule has 3 atom stereocenters. The Bertz CT molecular complexity index is 309. The summed E-state index contributed by atoms with van der Waals surface area (Å²) in [5.74, 6) is 0.174. The fraction of sp³-hybridized carbons (Fsp3) is 0.923. The maximum Gasteiger partial charge on any atom is 0.239 e. The molecule has 5 nitrogen and oxygen atoms in total. The van der Waals surface area contributed by atoms with Gasteiger partial charge in [-0.1, -0.05) is 0 Å². The standard InChI is InChI=1S/C13H25N3O2/c1-9-6-16(7-10(2)18-9)8-13(15-3,12(14)17)11-4-5-11/h9-11,15H,4-8H2,1-3H3,(H2,14,17)/t9-,10+,13?. The fourth-order valence-electron chi connectivity index (χ4n) is 3.16. The van der Waals surface area contributed by atoms with Gasteiger partial charge in [-0.15, -0.1) is 0 Å². The monoisotopic (exact) mass is 255 g/mol. The molecular weight excluding hydrogens is 230 g/mol. The lowest BCUT2D eigenvalue weighted by molar-refractivity contribution is -0.128. The van der Waals surface area contributed by atoms with Gasteiger partial charge in [0, 0.05) is 19.6 Å². The van der Waals surface area contributed by atoms with Crippen LogP contribution in [0.2, 0.25) is 0 Å². The molecule has 5 heteroatoms. The molecule has 0 bridgehead atoms. The van der Waals surface area contributed by atoms with Gasteiger partial charge in [-0.25, -0.2) is 0 Å². The van der Waals surface area contributed by atoms with E-state index in [1.165, 1.54) is 0 Å². The minimum atomic E-state index is -0.559. The number of nitrogens with zero attached hydrogens (tertiary/aromatic N) is 1. The van der Waals surface area contributed by atoms with E-state index in [9.17, 15) is 4.79 Å². The van der Waals surface area contributed by atoms with Crippen molar-refractivity contribution in [3.63, 3.8) is 0 Å². The topological polar surface area (TPSA) is 67.6 Å². The van der Waals surface area contributed by atoms with Crippen molar-refractivity contribution >= 4 is 5.91 Å². The molecule has 1 amide bonds. The predicted octanol–water partition coefficient (Wildman–Crippen LogP) is -0.0509. The maximum atomic E-state index is 11.9. The van der Waals surface area contributed by atoms with Crippen LogP contribution in [0.15, 0.2) is 0 Å². The molecule has 0 aromatic rings. The molecule has 1 aliphatic carbocycles. The van der Waals surface area contributed by atoms with Crippen LogP contribution in [0.3, 0.4) is 0 Å². The minimum absolute atomic E-state index is 0.218. The average Bonchev–Trinajstić information content (AvgIpc) is 3.08. The molecular formula is C13H25N3O2. The second kappa shape index (κ2) is 5.15. The van der Waals surface area contributed by atoms with Crippen LogP contribution in [-0.4, -0.2) is 55.2 Å². The summed E-state index contributed by atoms with van der Waals surface area (Å²) >= 11 is 0. The lowest BCUT2D eigenvalue weighted by Crippen LogP contribution is -2.64. The summed E-state index contributed by atoms with van der Waals surface area (Å²) < 4.78 is 5.72. The maximum absolute atomic E-state index is 11.9. The number of amides is 1. The SMILES string of the molecule is CNC(CN1C[C@@H](C)O[C@@H](C)C1)(C(N)=O)C1CC1. The molecule has 0 aromatic heterocycles. The van der Waals surface area contributed by atoms with Gasteiger partial charge in [0.1, 0.15) is 5.54 Å². The number of primary amides is 1. The summed E-state index contributed by atoms with van der Waals surface area (Å²) in [4.78, 5) is 14.2. The second-order valence-corrected chi connectivity index (χ2v) is 5.81. The van der Waals surface area contributed by atoms with Crippen molar-refractivity contribution in [2.45, 2.75) is 44.4 Å². The first-order valence-electron chi connectivity index (χ1n) is 6.84. The van der Waals surface area contributed by atoms with Gasteiger partial charge in [0.05, 0.1) is 12.2 Å². The van der Waals surface area contributed by atoms with Gasteiger partial charge < -0.3 is 15.8 Å². The van der Waals surface area contributed by atoms with Crippen LogP contribution in [0.25, 0.3) is 0 Å². The van der Waals surface area contributed by atoms with Gasteiger partial charge >= 0.3 is 0 Å². The molecule has 1 aliphatic heterocycles. The van der Waals surface area contributed by atoms with Crippen molar-refractivity contribution in [2.24, 2.45) is 11.7 Å². The lowest BCUT2D eigenvalue weighted by Gasteiger charge is -2.41. The summed E-state index contributed by atoms with van der Waals surface area (Å²) in [6.45, 7) is 6.58. The molecule has 2 fully saturated rings. The number of nitrogens with one attached hydrogen (secondary N) is 1. The van der Waals surface area contributed by atoms with Crippen molar-refractivity contribution in [2.75, 3.05) is 26.7 Å². The first kappa shape index (κ1) is 13.8. The number of morpholine rings is 1. The van der Waals surface area contributed by atoms with E-state index in [1.54, 1.807) is 0 Å². The number of hydrogen-bond acceptors (Lipinski definition) is 4. The molecule has 2 aliphatic rings. The smallest absolute Gasteiger partial charge is 0.239 e. The van der Waals surface area contributed by atoms with E-state index in [4.69, 9.17) is 10.5 Å². The molecule has 1 saturated carbocycles. The highest BCUT2D eigenvalue weighted by Gasteiger charge is 2.50. The van der Waals surface area contributed by atoms with Gasteiger partial charge in [-0.3, -0.25) is 9.69 Å². The van der Waals surface area contributed by atoms with Crippen molar-refractivity contribution in [3.05, 3.63) is 0 Å². The third-order valence-electron chi connectivity index (χ3n) is 4.13. The Balaban J connectivity index is 2.06. The number of rotatable bonds is 5. The first-order chi connectivity index (χ1) is 8.48. The Labute approximate surface area is 109 Å². The van der Waals surface area contributed by atoms with E-state index < -0.39 is 5.54 Å². The van der Waals surface area contributed by atoms with E-state index in [-0.39, 0.29) is 18.1 Å². The van der Waals surface area contributed by atoms with E-state index in [0.29, 0.717) is 12.5 Å². The summed E-state index contributed by atoms with van der Waals surface area (Å²) in [6.07, 6.45) is 2.63. The molecule has 104 valence electrons. The highest BCUT2D eigenvalue weighted by atomic mass is 16.5. The van der Waals surface area contributed by atoms with Gasteiger partial charge in [-0.2, -0.15) is 0 Å². The fourth-order valence-corrected chi connectivity index (χ4v) is 3.16. The van der Waals surface area contributed by atoms with Gasteiger partial charge in [0.15, 0.2) is 0 Å². The van der Waals surface area contributed by atoms with Crippen LogP contribution in [0.5, 0.6) is 0 Å². The molecule has 1 saturated heterocycles. The largest absolute Gasteiger partial charge is 0.373 e. The van der Waals surface area contributed by atoms with E-state index in [2.05, 4.69) is 24.1 Å². The Morgan fingerprint density at radius 1 is 1.39 bits per heavy atom. The summed E-state index contributed by atoms with van der Waals surface area (Å²) in [5.41, 5.74) is 5.09. The third kappa shape index (κ3) is 2.68. The van der Waals surface area contributed by atoms with Crippen LogP contribution in [0.1, 0.15) is 26.7 Å². The zero-order chi connectivity index (χ0) is 13.3. The molecule has 1 heterocycles. The number of likely N-dealkylation sites (N-methyl/N-ethyl adjacent to an activating group) is 1. The van der Waals surface area contributed by atoms with Crippen LogP contribution in [0, 0.1) is 5.92 Å². The Morgan fingerprint density at radius 3 is 2.33 bits per heavy atom. The molecule has 0 spiro atoms. The Kier molecular flexibility index (Phi) is 3.94. The van der Waals surface area contributed by atoms with Crippen molar-refractivity contribution in [1.82, 2.24) is 10.2 Å². The van der Waals surface area contributed by atoms with Crippen LogP contribution < -0.4 is 11.1 Å². The first-order valence-corrected chi connectivity index (χ1v) is 6.84. The molecule has 1 unspecified atom stereocenters. The number of carbonyl (C=O) groups is 1. The highest BCUT2D eigenvalue weighted by molar-refractivity contribution is 5.86. The van der Waals surface area contributed by atoms with Crippen molar-refractivity contribution < 1.29 is 9.53 Å². The molecule has 3 N–H and O–H groups in total. The predicted molar refractivity (Wildman–Crippen MR) is 70.2 cm³/mol. The summed E-state index contributed by atoms with van der Waals surface area (Å²) in [7, 11) is 1.84. The number of nitrogens with two attached hydrogens (primary N) is 1. The Hall–Kier alpha value is -0.650. The average molecular weight is 255 g/mol. The molecule has 0 aromatic carbocycles. The van der Waals surface area contributed by atoms with Crippen molar-refractivity contribution in [1.29, 1.82) is 0 Å². The van der Waals surface area contributed by atoms with Crippen LogP contribution in [0.4, 0.5) is 0 Å². The highest BCUT2D eigenvalue weighted by Crippen LogP contribution is 2.40. The molecule has 0 radical (unpaired) electrons. The van der Waals surface area contributed by atoms with Gasteiger partial charge in [0.2, 0.25) is 5.91 Å². The van der Waals surface area contributed by atoms with E-state index >= 15 is 0 Å². The van der Waals surface area contributed by atoms with Crippen LogP contribution >= 0.6 is 0 Å². The third-order valence-corrected chi connectivity index (χ3v) is 4.13. The number of carbonyl (C=O) groups excluding carboxylic acids is 1. The zero-order valence-corrected chi connectivity index (χ0v) is 11.6. The van der Waals surface area contributed by atoms with Gasteiger partial charge in [0.25, 0.3) is 0 Å². The molecule has 2 rings (SSSR count). The lowest BCUT2D eigenvalue weighted by atomic mass is 9.91. The van der Waals surface area contributed by atoms with E-state index in [0.717, 1.165) is 25.9 Å².